The Morgan fingerprint density at radius 3 is 2.65 bits per heavy atom. The minimum Gasteiger partial charge on any atom is -0.489 e. The number of halogens is 2. The first-order chi connectivity index (χ1) is 17.9. The summed E-state index contributed by atoms with van der Waals surface area (Å²) < 4.78 is 8.78. The van der Waals surface area contributed by atoms with Gasteiger partial charge in [0.2, 0.25) is 11.1 Å². The van der Waals surface area contributed by atoms with Crippen molar-refractivity contribution in [3.63, 3.8) is 0 Å². The van der Waals surface area contributed by atoms with Crippen LogP contribution in [0.4, 0.5) is 5.95 Å². The highest BCUT2D eigenvalue weighted by atomic mass is 79.9. The van der Waals surface area contributed by atoms with Gasteiger partial charge in [-0.25, -0.2) is 4.68 Å². The maximum Gasteiger partial charge on any atom is 0.227 e. The van der Waals surface area contributed by atoms with E-state index in [1.807, 2.05) is 79.7 Å². The fourth-order valence-corrected chi connectivity index (χ4v) is 5.82. The van der Waals surface area contributed by atoms with Crippen molar-refractivity contribution in [1.29, 1.82) is 0 Å². The Morgan fingerprint density at radius 2 is 1.92 bits per heavy atom. The molecule has 4 aromatic rings. The summed E-state index contributed by atoms with van der Waals surface area (Å²) in [6.45, 7) is 3.94. The Morgan fingerprint density at radius 1 is 1.14 bits per heavy atom. The lowest BCUT2D eigenvalue weighted by molar-refractivity contribution is -0.114. The van der Waals surface area contributed by atoms with Crippen LogP contribution in [0, 0.1) is 0 Å². The lowest BCUT2D eigenvalue weighted by Crippen LogP contribution is -2.27. The summed E-state index contributed by atoms with van der Waals surface area (Å²) in [5.41, 5.74) is 4.44. The van der Waals surface area contributed by atoms with E-state index in [-0.39, 0.29) is 5.78 Å². The third-order valence-electron chi connectivity index (χ3n) is 6.02. The number of carbonyl (C=O) groups excluding carboxylic acids is 1. The van der Waals surface area contributed by atoms with Crippen molar-refractivity contribution < 1.29 is 9.53 Å². The quantitative estimate of drug-likeness (QED) is 0.214. The average Bonchev–Trinajstić information content (AvgIpc) is 3.29. The van der Waals surface area contributed by atoms with Gasteiger partial charge in [0.05, 0.1) is 0 Å². The predicted molar refractivity (Wildman–Crippen MR) is 151 cm³/mol. The van der Waals surface area contributed by atoms with Crippen LogP contribution in [-0.2, 0) is 17.2 Å². The molecule has 0 saturated carbocycles. The van der Waals surface area contributed by atoms with Crippen LogP contribution in [0.3, 0.4) is 0 Å². The lowest BCUT2D eigenvalue weighted by atomic mass is 9.93. The Balaban J connectivity index is 1.39. The van der Waals surface area contributed by atoms with E-state index in [1.165, 1.54) is 11.8 Å². The molecule has 1 N–H and O–H groups in total. The van der Waals surface area contributed by atoms with Crippen molar-refractivity contribution in [3.05, 3.63) is 110 Å². The summed E-state index contributed by atoms with van der Waals surface area (Å²) in [6.07, 6.45) is 0. The third-order valence-corrected chi connectivity index (χ3v) is 7.77. The van der Waals surface area contributed by atoms with Gasteiger partial charge >= 0.3 is 0 Å². The minimum absolute atomic E-state index is 0.0172. The molecule has 5 rings (SSSR count). The standard InChI is InChI=1S/C28H24BrClN4O2S/c1-17-25(18(2)35)26(20-10-12-23(13-11-20)36-15-19-6-5-8-22(29)14-19)34-27(31-17)32-28(33-34)37-16-21-7-3-4-9-24(21)30/h3-14,26H,15-16H2,1-2H3,(H,31,32,33). The monoisotopic (exact) mass is 594 g/mol. The van der Waals surface area contributed by atoms with Gasteiger partial charge in [0.1, 0.15) is 18.4 Å². The number of hydrogen-bond donors (Lipinski definition) is 1. The molecule has 1 aliphatic rings. The van der Waals surface area contributed by atoms with E-state index in [9.17, 15) is 4.79 Å². The number of anilines is 1. The van der Waals surface area contributed by atoms with E-state index >= 15 is 0 Å². The van der Waals surface area contributed by atoms with Gasteiger partial charge in [-0.05, 0) is 60.9 Å². The van der Waals surface area contributed by atoms with E-state index in [0.717, 1.165) is 32.6 Å². The van der Waals surface area contributed by atoms with E-state index in [4.69, 9.17) is 21.4 Å². The number of Topliss-reactive ketones (excluding diaryl/α,β-unsaturated/α-hetero) is 1. The van der Waals surface area contributed by atoms with Crippen LogP contribution in [0.15, 0.2) is 93.7 Å². The number of allylic oxidation sites excluding steroid dienone is 2. The van der Waals surface area contributed by atoms with Crippen LogP contribution in [-0.4, -0.2) is 20.5 Å². The van der Waals surface area contributed by atoms with Crippen molar-refractivity contribution in [3.8, 4) is 5.75 Å². The molecule has 0 radical (unpaired) electrons. The molecule has 6 nitrogen and oxygen atoms in total. The summed E-state index contributed by atoms with van der Waals surface area (Å²) in [5.74, 6) is 1.97. The Labute approximate surface area is 233 Å². The smallest absolute Gasteiger partial charge is 0.227 e. The Kier molecular flexibility index (Phi) is 7.69. The Hall–Kier alpha value is -3.07. The van der Waals surface area contributed by atoms with Gasteiger partial charge in [-0.15, -0.1) is 5.10 Å². The highest BCUT2D eigenvalue weighted by molar-refractivity contribution is 9.10. The second-order valence-electron chi connectivity index (χ2n) is 8.65. The van der Waals surface area contributed by atoms with Gasteiger partial charge in [-0.2, -0.15) is 4.98 Å². The van der Waals surface area contributed by atoms with Crippen molar-refractivity contribution in [2.45, 2.75) is 37.4 Å². The number of rotatable bonds is 8. The molecule has 37 heavy (non-hydrogen) atoms. The average molecular weight is 596 g/mol. The molecule has 0 bridgehead atoms. The number of fused-ring (bicyclic) bond motifs is 1. The number of ether oxygens (including phenoxy) is 1. The predicted octanol–water partition coefficient (Wildman–Crippen LogP) is 7.44. The zero-order valence-corrected chi connectivity index (χ0v) is 23.4. The molecule has 1 aromatic heterocycles. The minimum atomic E-state index is -0.393. The second kappa shape index (κ2) is 11.1. The van der Waals surface area contributed by atoms with Crippen molar-refractivity contribution in [2.24, 2.45) is 0 Å². The molecule has 1 unspecified atom stereocenters. The Bertz CT molecular complexity index is 1490. The normalized spacial score (nSPS) is 14.8. The number of carbonyl (C=O) groups is 1. The summed E-state index contributed by atoms with van der Waals surface area (Å²) in [6, 6.07) is 23.2. The van der Waals surface area contributed by atoms with E-state index in [1.54, 1.807) is 11.6 Å². The second-order valence-corrected chi connectivity index (χ2v) is 10.9. The van der Waals surface area contributed by atoms with E-state index < -0.39 is 6.04 Å². The zero-order valence-electron chi connectivity index (χ0n) is 20.2. The largest absolute Gasteiger partial charge is 0.489 e. The van der Waals surface area contributed by atoms with Gasteiger partial charge in [0, 0.05) is 26.5 Å². The van der Waals surface area contributed by atoms with Crippen LogP contribution in [0.25, 0.3) is 0 Å². The molecule has 3 aromatic carbocycles. The number of benzene rings is 3. The van der Waals surface area contributed by atoms with E-state index in [0.29, 0.717) is 34.1 Å². The number of ketones is 1. The topological polar surface area (TPSA) is 69.0 Å². The van der Waals surface area contributed by atoms with E-state index in [2.05, 4.69) is 26.2 Å². The third kappa shape index (κ3) is 5.76. The van der Waals surface area contributed by atoms with Gasteiger partial charge < -0.3 is 10.1 Å². The molecule has 0 saturated heterocycles. The number of hydrogen-bond acceptors (Lipinski definition) is 6. The maximum atomic E-state index is 12.7. The molecular weight excluding hydrogens is 572 g/mol. The van der Waals surface area contributed by atoms with Crippen LogP contribution in [0.1, 0.15) is 36.6 Å². The summed E-state index contributed by atoms with van der Waals surface area (Å²) in [5, 5.41) is 9.35. The molecule has 1 aliphatic heterocycles. The molecule has 188 valence electrons. The summed E-state index contributed by atoms with van der Waals surface area (Å²) >= 11 is 11.3. The molecule has 9 heteroatoms. The number of thioether (sulfide) groups is 1. The number of nitrogens with one attached hydrogen (secondary N) is 1. The lowest BCUT2D eigenvalue weighted by Gasteiger charge is -2.28. The fourth-order valence-electron chi connectivity index (χ4n) is 4.25. The van der Waals surface area contributed by atoms with Crippen molar-refractivity contribution in [2.75, 3.05) is 5.32 Å². The molecule has 2 heterocycles. The van der Waals surface area contributed by atoms with Gasteiger partial charge in [-0.3, -0.25) is 4.79 Å². The van der Waals surface area contributed by atoms with Crippen LogP contribution in [0.2, 0.25) is 5.02 Å². The van der Waals surface area contributed by atoms with Crippen molar-refractivity contribution in [1.82, 2.24) is 14.8 Å². The highest BCUT2D eigenvalue weighted by Gasteiger charge is 2.32. The SMILES string of the molecule is CC(=O)C1=C(C)Nc2nc(SCc3ccccc3Cl)nn2C1c1ccc(OCc2cccc(Br)c2)cc1. The van der Waals surface area contributed by atoms with Gasteiger partial charge in [0.15, 0.2) is 5.78 Å². The van der Waals surface area contributed by atoms with Gasteiger partial charge in [-0.1, -0.05) is 81.8 Å². The fraction of sp³-hybridized carbons (Fsp3) is 0.179. The summed E-state index contributed by atoms with van der Waals surface area (Å²) in [7, 11) is 0. The maximum absolute atomic E-state index is 12.7. The first-order valence-electron chi connectivity index (χ1n) is 11.7. The number of aromatic nitrogens is 3. The molecule has 0 aliphatic carbocycles. The summed E-state index contributed by atoms with van der Waals surface area (Å²) in [4.78, 5) is 17.4. The highest BCUT2D eigenvalue weighted by Crippen LogP contribution is 2.37. The molecule has 0 amide bonds. The molecular formula is C28H24BrClN4O2S. The van der Waals surface area contributed by atoms with Crippen LogP contribution in [0.5, 0.6) is 5.75 Å². The first-order valence-corrected chi connectivity index (χ1v) is 13.8. The molecule has 1 atom stereocenters. The molecule has 0 fully saturated rings. The van der Waals surface area contributed by atoms with Crippen LogP contribution < -0.4 is 10.1 Å². The zero-order chi connectivity index (χ0) is 25.9. The first kappa shape index (κ1) is 25.6. The van der Waals surface area contributed by atoms with Crippen molar-refractivity contribution >= 4 is 51.0 Å². The van der Waals surface area contributed by atoms with Gasteiger partial charge in [0.25, 0.3) is 0 Å². The van der Waals surface area contributed by atoms with Crippen LogP contribution >= 0.6 is 39.3 Å². The molecule has 0 spiro atoms. The number of nitrogens with zero attached hydrogens (tertiary/aromatic N) is 3.